The minimum absolute atomic E-state index is 0.0693. The van der Waals surface area contributed by atoms with E-state index in [9.17, 15) is 9.59 Å². The lowest BCUT2D eigenvalue weighted by molar-refractivity contribution is -0.131. The largest absolute Gasteiger partial charge is 0.443 e. The van der Waals surface area contributed by atoms with E-state index in [-0.39, 0.29) is 17.9 Å². The second kappa shape index (κ2) is 7.50. The zero-order chi connectivity index (χ0) is 19.7. The number of aromatic nitrogens is 2. The van der Waals surface area contributed by atoms with Crippen LogP contribution in [0.2, 0.25) is 0 Å². The third-order valence-corrected chi connectivity index (χ3v) is 5.48. The second-order valence-corrected chi connectivity index (χ2v) is 7.16. The molecule has 0 aliphatic carbocycles. The molecule has 1 fully saturated rings. The van der Waals surface area contributed by atoms with Crippen LogP contribution < -0.4 is 10.5 Å². The van der Waals surface area contributed by atoms with Crippen molar-refractivity contribution < 1.29 is 9.21 Å². The van der Waals surface area contributed by atoms with Crippen LogP contribution in [0, 0.1) is 13.8 Å². The lowest BCUT2D eigenvalue weighted by Crippen LogP contribution is -2.49. The molecule has 0 N–H and O–H groups in total. The number of carbonyl (C=O) groups is 1. The van der Waals surface area contributed by atoms with Crippen molar-refractivity contribution in [2.45, 2.75) is 26.8 Å². The summed E-state index contributed by atoms with van der Waals surface area (Å²) >= 11 is 0. The maximum absolute atomic E-state index is 12.7. The predicted octanol–water partition coefficient (Wildman–Crippen LogP) is 2.35. The topological polar surface area (TPSA) is 71.6 Å². The van der Waals surface area contributed by atoms with Gasteiger partial charge in [-0.1, -0.05) is 18.2 Å². The smallest absolute Gasteiger partial charge is 0.264 e. The summed E-state index contributed by atoms with van der Waals surface area (Å²) in [6.45, 7) is 7.02. The maximum atomic E-state index is 12.7. The van der Waals surface area contributed by atoms with Crippen LogP contribution in [-0.4, -0.2) is 46.5 Å². The van der Waals surface area contributed by atoms with Crippen LogP contribution in [0.1, 0.15) is 17.7 Å². The van der Waals surface area contributed by atoms with Crippen LogP contribution in [0.5, 0.6) is 0 Å². The molecule has 0 spiro atoms. The number of piperazine rings is 1. The highest BCUT2D eigenvalue weighted by Gasteiger charge is 2.21. The lowest BCUT2D eigenvalue weighted by Gasteiger charge is -2.36. The predicted molar refractivity (Wildman–Crippen MR) is 108 cm³/mol. The van der Waals surface area contributed by atoms with Gasteiger partial charge in [0.2, 0.25) is 11.6 Å². The van der Waals surface area contributed by atoms with Gasteiger partial charge in [0, 0.05) is 50.4 Å². The summed E-state index contributed by atoms with van der Waals surface area (Å²) in [4.78, 5) is 33.7. The van der Waals surface area contributed by atoms with Crippen LogP contribution in [0.15, 0.2) is 45.9 Å². The van der Waals surface area contributed by atoms with Gasteiger partial charge in [0.15, 0.2) is 0 Å². The number of anilines is 1. The third-order valence-electron chi connectivity index (χ3n) is 5.48. The van der Waals surface area contributed by atoms with Gasteiger partial charge in [-0.25, -0.2) is 4.98 Å². The highest BCUT2D eigenvalue weighted by molar-refractivity contribution is 5.78. The van der Waals surface area contributed by atoms with E-state index in [1.807, 2.05) is 36.9 Å². The molecule has 28 heavy (non-hydrogen) atoms. The van der Waals surface area contributed by atoms with Gasteiger partial charge in [-0.05, 0) is 26.0 Å². The molecule has 0 saturated carbocycles. The molecule has 3 heterocycles. The highest BCUT2D eigenvalue weighted by atomic mass is 16.3. The molecule has 0 atom stereocenters. The zero-order valence-corrected chi connectivity index (χ0v) is 16.2. The molecule has 0 bridgehead atoms. The summed E-state index contributed by atoms with van der Waals surface area (Å²) < 4.78 is 7.00. The highest BCUT2D eigenvalue weighted by Crippen LogP contribution is 2.19. The molecule has 1 amide bonds. The van der Waals surface area contributed by atoms with E-state index in [0.717, 1.165) is 18.7 Å². The Morgan fingerprint density at radius 1 is 1.11 bits per heavy atom. The van der Waals surface area contributed by atoms with Crippen molar-refractivity contribution in [3.63, 3.8) is 0 Å². The Balaban J connectivity index is 1.38. The molecular weight excluding hydrogens is 356 g/mol. The fourth-order valence-corrected chi connectivity index (χ4v) is 3.66. The number of hydrogen-bond donors (Lipinski definition) is 0. The Morgan fingerprint density at radius 3 is 2.54 bits per heavy atom. The number of fused-ring (bicyclic) bond motifs is 1. The quantitative estimate of drug-likeness (QED) is 0.695. The van der Waals surface area contributed by atoms with Gasteiger partial charge in [0.05, 0.1) is 0 Å². The molecular formula is C21H24N4O3. The molecule has 1 aliphatic rings. The van der Waals surface area contributed by atoms with E-state index < -0.39 is 0 Å². The van der Waals surface area contributed by atoms with Gasteiger partial charge in [-0.2, -0.15) is 0 Å². The van der Waals surface area contributed by atoms with Crippen LogP contribution in [0.25, 0.3) is 11.1 Å². The molecule has 1 aliphatic heterocycles. The van der Waals surface area contributed by atoms with E-state index in [1.165, 1.54) is 16.6 Å². The second-order valence-electron chi connectivity index (χ2n) is 7.16. The summed E-state index contributed by atoms with van der Waals surface area (Å²) in [5.41, 5.74) is 2.21. The number of benzene rings is 1. The molecule has 1 aromatic carbocycles. The number of carbonyl (C=O) groups excluding carboxylic acids is 1. The SMILES string of the molecule is Cc1oc2ncn(CCC(=O)N3CCN(c4ccccc4)CC3)c(=O)c2c1C. The fourth-order valence-electron chi connectivity index (χ4n) is 3.66. The van der Waals surface area contributed by atoms with Crippen LogP contribution in [0.3, 0.4) is 0 Å². The Hall–Kier alpha value is -3.09. The van der Waals surface area contributed by atoms with E-state index in [2.05, 4.69) is 22.0 Å². The minimum Gasteiger partial charge on any atom is -0.443 e. The van der Waals surface area contributed by atoms with Crippen LogP contribution in [0.4, 0.5) is 5.69 Å². The van der Waals surface area contributed by atoms with Gasteiger partial charge in [0.1, 0.15) is 17.5 Å². The Morgan fingerprint density at radius 2 is 1.82 bits per heavy atom. The van der Waals surface area contributed by atoms with Crippen LogP contribution in [-0.2, 0) is 11.3 Å². The summed E-state index contributed by atoms with van der Waals surface area (Å²) in [6.07, 6.45) is 1.75. The zero-order valence-electron chi connectivity index (χ0n) is 16.2. The van der Waals surface area contributed by atoms with Gasteiger partial charge in [-0.3, -0.25) is 14.2 Å². The number of aryl methyl sites for hydroxylation is 3. The average Bonchev–Trinajstić information content (AvgIpc) is 3.02. The van der Waals surface area contributed by atoms with Gasteiger partial charge in [0.25, 0.3) is 5.56 Å². The molecule has 4 rings (SSSR count). The molecule has 3 aromatic rings. The monoisotopic (exact) mass is 380 g/mol. The first kappa shape index (κ1) is 18.3. The number of para-hydroxylation sites is 1. The van der Waals surface area contributed by atoms with Crippen molar-refractivity contribution in [2.75, 3.05) is 31.1 Å². The molecule has 146 valence electrons. The van der Waals surface area contributed by atoms with E-state index in [0.29, 0.717) is 36.5 Å². The standard InChI is InChI=1S/C21H24N4O3/c1-15-16(2)28-20-19(15)21(27)25(14-22-20)9-8-18(26)24-12-10-23(11-13-24)17-6-4-3-5-7-17/h3-7,14H,8-13H2,1-2H3. The molecule has 7 heteroatoms. The summed E-state index contributed by atoms with van der Waals surface area (Å²) in [7, 11) is 0. The Kier molecular flexibility index (Phi) is 4.90. The van der Waals surface area contributed by atoms with Crippen LogP contribution >= 0.6 is 0 Å². The van der Waals surface area contributed by atoms with Gasteiger partial charge >= 0.3 is 0 Å². The number of rotatable bonds is 4. The summed E-state index contributed by atoms with van der Waals surface area (Å²) in [5.74, 6) is 0.768. The average molecular weight is 380 g/mol. The molecule has 0 radical (unpaired) electrons. The van der Waals surface area contributed by atoms with Gasteiger partial charge < -0.3 is 14.2 Å². The van der Waals surface area contributed by atoms with Crippen molar-refractivity contribution in [1.29, 1.82) is 0 Å². The van der Waals surface area contributed by atoms with Crippen molar-refractivity contribution in [1.82, 2.24) is 14.5 Å². The summed E-state index contributed by atoms with van der Waals surface area (Å²) in [6, 6.07) is 10.2. The molecule has 2 aromatic heterocycles. The fraction of sp³-hybridized carbons (Fsp3) is 0.381. The van der Waals surface area contributed by atoms with Crippen molar-refractivity contribution in [3.8, 4) is 0 Å². The van der Waals surface area contributed by atoms with E-state index in [4.69, 9.17) is 4.42 Å². The first-order valence-electron chi connectivity index (χ1n) is 9.57. The van der Waals surface area contributed by atoms with Crippen molar-refractivity contribution >= 4 is 22.7 Å². The van der Waals surface area contributed by atoms with E-state index in [1.54, 1.807) is 0 Å². The Bertz CT molecular complexity index is 1050. The van der Waals surface area contributed by atoms with Gasteiger partial charge in [-0.15, -0.1) is 0 Å². The molecule has 0 unspecified atom stereocenters. The number of nitrogens with zero attached hydrogens (tertiary/aromatic N) is 4. The lowest BCUT2D eigenvalue weighted by atomic mass is 10.2. The first-order chi connectivity index (χ1) is 13.5. The van der Waals surface area contributed by atoms with E-state index >= 15 is 0 Å². The number of hydrogen-bond acceptors (Lipinski definition) is 5. The molecule has 1 saturated heterocycles. The minimum atomic E-state index is -0.152. The van der Waals surface area contributed by atoms with Crippen molar-refractivity contribution in [2.24, 2.45) is 0 Å². The number of amides is 1. The first-order valence-corrected chi connectivity index (χ1v) is 9.57. The third kappa shape index (κ3) is 3.40. The Labute approximate surface area is 163 Å². The normalized spacial score (nSPS) is 14.6. The summed E-state index contributed by atoms with van der Waals surface area (Å²) in [5, 5.41) is 0.504. The molecule has 7 nitrogen and oxygen atoms in total. The number of furan rings is 1. The van der Waals surface area contributed by atoms with Crippen molar-refractivity contribution in [3.05, 3.63) is 58.3 Å². The maximum Gasteiger partial charge on any atom is 0.264 e.